The SMILES string of the molecule is COc1cccc(CC(=O)N2CCN(C(=O)c3ccc4c(c3)ncn4C)CC2)c1. The Kier molecular flexibility index (Phi) is 5.20. The predicted octanol–water partition coefficient (Wildman–Crippen LogP) is 2.11. The van der Waals surface area contributed by atoms with Gasteiger partial charge in [0.15, 0.2) is 0 Å². The Hall–Kier alpha value is -3.35. The van der Waals surface area contributed by atoms with Gasteiger partial charge in [-0.3, -0.25) is 9.59 Å². The third-order valence-corrected chi connectivity index (χ3v) is 5.38. The van der Waals surface area contributed by atoms with Crippen LogP contribution in [0.3, 0.4) is 0 Å². The van der Waals surface area contributed by atoms with Crippen molar-refractivity contribution in [2.75, 3.05) is 33.3 Å². The molecule has 4 rings (SSSR count). The fraction of sp³-hybridized carbons (Fsp3) is 0.318. The van der Waals surface area contributed by atoms with E-state index in [0.717, 1.165) is 22.3 Å². The minimum atomic E-state index is -0.0163. The lowest BCUT2D eigenvalue weighted by molar-refractivity contribution is -0.131. The van der Waals surface area contributed by atoms with Gasteiger partial charge in [0, 0.05) is 38.8 Å². The van der Waals surface area contributed by atoms with Crippen LogP contribution in [0.15, 0.2) is 48.8 Å². The summed E-state index contributed by atoms with van der Waals surface area (Å²) >= 11 is 0. The number of hydrogen-bond donors (Lipinski definition) is 0. The third-order valence-electron chi connectivity index (χ3n) is 5.38. The Morgan fingerprint density at radius 2 is 1.79 bits per heavy atom. The number of nitrogens with zero attached hydrogens (tertiary/aromatic N) is 4. The smallest absolute Gasteiger partial charge is 0.254 e. The van der Waals surface area contributed by atoms with E-state index >= 15 is 0 Å². The summed E-state index contributed by atoms with van der Waals surface area (Å²) in [5.41, 5.74) is 3.36. The summed E-state index contributed by atoms with van der Waals surface area (Å²) < 4.78 is 7.14. The van der Waals surface area contributed by atoms with E-state index in [2.05, 4.69) is 4.98 Å². The molecule has 0 radical (unpaired) electrons. The molecule has 0 saturated carbocycles. The molecule has 2 heterocycles. The predicted molar refractivity (Wildman–Crippen MR) is 110 cm³/mol. The van der Waals surface area contributed by atoms with E-state index in [1.54, 1.807) is 18.3 Å². The molecule has 2 amide bonds. The van der Waals surface area contributed by atoms with Crippen LogP contribution in [0.5, 0.6) is 5.75 Å². The lowest BCUT2D eigenvalue weighted by Crippen LogP contribution is -2.51. The van der Waals surface area contributed by atoms with Gasteiger partial charge in [-0.05, 0) is 35.9 Å². The molecule has 1 aromatic heterocycles. The van der Waals surface area contributed by atoms with E-state index in [1.165, 1.54) is 0 Å². The number of methoxy groups -OCH3 is 1. The molecule has 7 nitrogen and oxygen atoms in total. The number of carbonyl (C=O) groups is 2. The number of benzene rings is 2. The highest BCUT2D eigenvalue weighted by Gasteiger charge is 2.25. The van der Waals surface area contributed by atoms with Crippen LogP contribution >= 0.6 is 0 Å². The number of rotatable bonds is 4. The van der Waals surface area contributed by atoms with Crippen molar-refractivity contribution >= 4 is 22.8 Å². The van der Waals surface area contributed by atoms with Crippen LogP contribution in [0.2, 0.25) is 0 Å². The second-order valence-corrected chi connectivity index (χ2v) is 7.26. The van der Waals surface area contributed by atoms with Crippen LogP contribution in [0.4, 0.5) is 0 Å². The molecule has 3 aromatic rings. The van der Waals surface area contributed by atoms with Crippen molar-refractivity contribution in [3.05, 3.63) is 59.9 Å². The van der Waals surface area contributed by atoms with Crippen LogP contribution < -0.4 is 4.74 Å². The van der Waals surface area contributed by atoms with Crippen molar-refractivity contribution in [1.82, 2.24) is 19.4 Å². The molecule has 1 fully saturated rings. The fourth-order valence-electron chi connectivity index (χ4n) is 3.68. The first kappa shape index (κ1) is 19.0. The molecule has 7 heteroatoms. The van der Waals surface area contributed by atoms with Gasteiger partial charge in [0.2, 0.25) is 5.91 Å². The van der Waals surface area contributed by atoms with Crippen LogP contribution in [-0.4, -0.2) is 64.5 Å². The number of amides is 2. The Morgan fingerprint density at radius 3 is 2.55 bits per heavy atom. The molecule has 1 aliphatic heterocycles. The van der Waals surface area contributed by atoms with Gasteiger partial charge in [0.25, 0.3) is 5.91 Å². The van der Waals surface area contributed by atoms with E-state index in [0.29, 0.717) is 38.2 Å². The van der Waals surface area contributed by atoms with Crippen molar-refractivity contribution in [2.45, 2.75) is 6.42 Å². The average Bonchev–Trinajstić information content (AvgIpc) is 3.13. The van der Waals surface area contributed by atoms with Gasteiger partial charge in [-0.25, -0.2) is 4.98 Å². The highest BCUT2D eigenvalue weighted by Crippen LogP contribution is 2.17. The minimum absolute atomic E-state index is 0.0163. The number of hydrogen-bond acceptors (Lipinski definition) is 4. The number of carbonyl (C=O) groups excluding carboxylic acids is 2. The molecule has 0 aliphatic carbocycles. The summed E-state index contributed by atoms with van der Waals surface area (Å²) in [5.74, 6) is 0.799. The second-order valence-electron chi connectivity index (χ2n) is 7.26. The molecule has 29 heavy (non-hydrogen) atoms. The number of piperazine rings is 1. The normalized spacial score (nSPS) is 14.3. The highest BCUT2D eigenvalue weighted by molar-refractivity contribution is 5.97. The topological polar surface area (TPSA) is 67.7 Å². The van der Waals surface area contributed by atoms with Crippen LogP contribution in [0.25, 0.3) is 11.0 Å². The standard InChI is InChI=1S/C22H24N4O3/c1-24-15-23-19-14-17(6-7-20(19)24)22(28)26-10-8-25(9-11-26)21(27)13-16-4-3-5-18(12-16)29-2/h3-7,12,14-15H,8-11,13H2,1-2H3. The number of fused-ring (bicyclic) bond motifs is 1. The zero-order valence-electron chi connectivity index (χ0n) is 16.7. The summed E-state index contributed by atoms with van der Waals surface area (Å²) in [6.45, 7) is 2.15. The number of aryl methyl sites for hydroxylation is 1. The number of aromatic nitrogens is 2. The Balaban J connectivity index is 1.36. The minimum Gasteiger partial charge on any atom is -0.497 e. The molecule has 0 bridgehead atoms. The summed E-state index contributed by atoms with van der Waals surface area (Å²) in [6, 6.07) is 13.1. The largest absolute Gasteiger partial charge is 0.497 e. The first-order valence-electron chi connectivity index (χ1n) is 9.66. The monoisotopic (exact) mass is 392 g/mol. The van der Waals surface area contributed by atoms with Gasteiger partial charge in [0.1, 0.15) is 5.75 Å². The van der Waals surface area contributed by atoms with Crippen molar-refractivity contribution in [1.29, 1.82) is 0 Å². The summed E-state index contributed by atoms with van der Waals surface area (Å²) in [4.78, 5) is 33.4. The van der Waals surface area contributed by atoms with Crippen molar-refractivity contribution in [2.24, 2.45) is 7.05 Å². The molecule has 150 valence electrons. The van der Waals surface area contributed by atoms with Gasteiger partial charge < -0.3 is 19.1 Å². The van der Waals surface area contributed by atoms with Crippen molar-refractivity contribution in [3.8, 4) is 5.75 Å². The summed E-state index contributed by atoms with van der Waals surface area (Å²) in [6.07, 6.45) is 2.08. The first-order valence-corrected chi connectivity index (χ1v) is 9.66. The Morgan fingerprint density at radius 1 is 1.03 bits per heavy atom. The van der Waals surface area contributed by atoms with Crippen LogP contribution in [0, 0.1) is 0 Å². The molecule has 0 N–H and O–H groups in total. The molecular formula is C22H24N4O3. The van der Waals surface area contributed by atoms with E-state index in [4.69, 9.17) is 4.74 Å². The molecule has 0 unspecified atom stereocenters. The van der Waals surface area contributed by atoms with Gasteiger partial charge in [-0.1, -0.05) is 12.1 Å². The van der Waals surface area contributed by atoms with E-state index in [1.807, 2.05) is 59.0 Å². The highest BCUT2D eigenvalue weighted by atomic mass is 16.5. The van der Waals surface area contributed by atoms with Gasteiger partial charge >= 0.3 is 0 Å². The van der Waals surface area contributed by atoms with Crippen molar-refractivity contribution in [3.63, 3.8) is 0 Å². The molecule has 1 aliphatic rings. The molecule has 1 saturated heterocycles. The van der Waals surface area contributed by atoms with Gasteiger partial charge in [-0.2, -0.15) is 0 Å². The summed E-state index contributed by atoms with van der Waals surface area (Å²) in [7, 11) is 3.54. The van der Waals surface area contributed by atoms with Crippen LogP contribution in [0.1, 0.15) is 15.9 Å². The van der Waals surface area contributed by atoms with Crippen LogP contribution in [-0.2, 0) is 18.3 Å². The van der Waals surface area contributed by atoms with E-state index < -0.39 is 0 Å². The second kappa shape index (κ2) is 7.95. The average molecular weight is 392 g/mol. The number of ether oxygens (including phenoxy) is 1. The Labute approximate surface area is 169 Å². The van der Waals surface area contributed by atoms with E-state index in [9.17, 15) is 9.59 Å². The lowest BCUT2D eigenvalue weighted by Gasteiger charge is -2.35. The Bertz CT molecular complexity index is 1050. The first-order chi connectivity index (χ1) is 14.0. The fourth-order valence-corrected chi connectivity index (χ4v) is 3.68. The lowest BCUT2D eigenvalue weighted by atomic mass is 10.1. The maximum Gasteiger partial charge on any atom is 0.254 e. The maximum absolute atomic E-state index is 12.9. The quantitative estimate of drug-likeness (QED) is 0.682. The van der Waals surface area contributed by atoms with E-state index in [-0.39, 0.29) is 11.8 Å². The number of imidazole rings is 1. The zero-order chi connectivity index (χ0) is 20.4. The summed E-state index contributed by atoms with van der Waals surface area (Å²) in [5, 5.41) is 0. The third kappa shape index (κ3) is 3.94. The van der Waals surface area contributed by atoms with Gasteiger partial charge in [-0.15, -0.1) is 0 Å². The van der Waals surface area contributed by atoms with Crippen molar-refractivity contribution < 1.29 is 14.3 Å². The van der Waals surface area contributed by atoms with Gasteiger partial charge in [0.05, 0.1) is 30.9 Å². The molecule has 2 aromatic carbocycles. The molecule has 0 atom stereocenters. The maximum atomic E-state index is 12.9. The zero-order valence-corrected chi connectivity index (χ0v) is 16.7. The molecule has 0 spiro atoms. The molecular weight excluding hydrogens is 368 g/mol.